The fraction of sp³-hybridized carbons (Fsp3) is 0.214. The summed E-state index contributed by atoms with van der Waals surface area (Å²) in [4.78, 5) is 3.92. The molecule has 2 aromatic rings. The second-order valence-corrected chi connectivity index (χ2v) is 6.35. The Kier molecular flexibility index (Phi) is 4.04. The van der Waals surface area contributed by atoms with Crippen molar-refractivity contribution < 1.29 is 12.9 Å². The van der Waals surface area contributed by atoms with Crippen molar-refractivity contribution in [1.29, 1.82) is 0 Å². The number of hydrogen-bond donors (Lipinski definition) is 0. The minimum Gasteiger partial charge on any atom is -0.232 e. The Hall–Kier alpha value is -1.95. The van der Waals surface area contributed by atoms with E-state index in [1.165, 1.54) is 18.2 Å². The summed E-state index contributed by atoms with van der Waals surface area (Å²) in [5, 5.41) is 0. The monoisotopic (exact) mass is 294 g/mol. The fourth-order valence-corrected chi connectivity index (χ4v) is 2.70. The summed E-state index contributed by atoms with van der Waals surface area (Å²) in [6.45, 7) is 3.81. The molecule has 106 valence electrons. The largest absolute Gasteiger partial charge is 0.292 e. The quantitative estimate of drug-likeness (QED) is 0.813. The van der Waals surface area contributed by atoms with E-state index in [0.29, 0.717) is 5.69 Å². The summed E-state index contributed by atoms with van der Waals surface area (Å²) < 4.78 is 38.2. The fourth-order valence-electron chi connectivity index (χ4n) is 1.67. The zero-order valence-electron chi connectivity index (χ0n) is 11.2. The third-order valence-corrected chi connectivity index (χ3v) is 4.26. The van der Waals surface area contributed by atoms with Gasteiger partial charge in [-0.25, -0.2) is 4.98 Å². The maximum absolute atomic E-state index is 14.2. The standard InChI is InChI=1S/C14H15FN2O2S/c1-11(2)13-9-6-10-14(16-13)17(15)20(18,19)12-7-4-3-5-8-12/h3-11H,1-2H3. The molecular formula is C14H15FN2O2S. The molecule has 6 heteroatoms. The van der Waals surface area contributed by atoms with Crippen LogP contribution in [0.2, 0.25) is 0 Å². The van der Waals surface area contributed by atoms with Gasteiger partial charge in [-0.1, -0.05) is 47.1 Å². The summed E-state index contributed by atoms with van der Waals surface area (Å²) in [7, 11) is -4.23. The maximum Gasteiger partial charge on any atom is 0.292 e. The van der Waals surface area contributed by atoms with Crippen LogP contribution < -0.4 is 4.53 Å². The number of sulfonamides is 1. The number of anilines is 1. The van der Waals surface area contributed by atoms with Gasteiger partial charge in [0.15, 0.2) is 5.82 Å². The molecule has 0 saturated carbocycles. The van der Waals surface area contributed by atoms with Gasteiger partial charge in [0, 0.05) is 5.69 Å². The first kappa shape index (κ1) is 14.5. The SMILES string of the molecule is CC(C)c1cccc(N(F)S(=O)(=O)c2ccccc2)n1. The Morgan fingerprint density at radius 2 is 1.70 bits per heavy atom. The molecule has 0 spiro atoms. The number of rotatable bonds is 4. The van der Waals surface area contributed by atoms with Crippen LogP contribution in [-0.4, -0.2) is 13.4 Å². The first-order chi connectivity index (χ1) is 9.43. The second-order valence-electron chi connectivity index (χ2n) is 4.61. The molecular weight excluding hydrogens is 279 g/mol. The third-order valence-electron chi connectivity index (χ3n) is 2.78. The molecule has 0 aliphatic rings. The van der Waals surface area contributed by atoms with Gasteiger partial charge in [-0.3, -0.25) is 0 Å². The van der Waals surface area contributed by atoms with E-state index < -0.39 is 10.0 Å². The number of hydrogen-bond acceptors (Lipinski definition) is 3. The number of nitrogens with zero attached hydrogens (tertiary/aromatic N) is 2. The molecule has 1 heterocycles. The number of benzene rings is 1. The molecule has 2 rings (SSSR count). The maximum atomic E-state index is 14.2. The van der Waals surface area contributed by atoms with Gasteiger partial charge in [0.25, 0.3) is 10.0 Å². The number of halogens is 1. The first-order valence-electron chi connectivity index (χ1n) is 6.16. The zero-order chi connectivity index (χ0) is 14.8. The second kappa shape index (κ2) is 5.58. The first-order valence-corrected chi connectivity index (χ1v) is 7.60. The molecule has 0 radical (unpaired) electrons. The van der Waals surface area contributed by atoms with Crippen LogP contribution in [0.1, 0.15) is 25.5 Å². The molecule has 0 bridgehead atoms. The van der Waals surface area contributed by atoms with Gasteiger partial charge in [-0.2, -0.15) is 8.42 Å². The van der Waals surface area contributed by atoms with Gasteiger partial charge in [0.05, 0.1) is 4.90 Å². The van der Waals surface area contributed by atoms with Crippen LogP contribution in [0.15, 0.2) is 53.4 Å². The highest BCUT2D eigenvalue weighted by Gasteiger charge is 2.26. The Balaban J connectivity index is 2.41. The van der Waals surface area contributed by atoms with Crippen molar-refractivity contribution in [3.8, 4) is 0 Å². The van der Waals surface area contributed by atoms with Crippen LogP contribution in [-0.2, 0) is 10.0 Å². The lowest BCUT2D eigenvalue weighted by atomic mass is 10.1. The van der Waals surface area contributed by atoms with Crippen molar-refractivity contribution in [2.45, 2.75) is 24.7 Å². The molecule has 0 aliphatic heterocycles. The van der Waals surface area contributed by atoms with Gasteiger partial charge in [-0.15, -0.1) is 0 Å². The van der Waals surface area contributed by atoms with Crippen LogP contribution >= 0.6 is 0 Å². The minimum atomic E-state index is -4.23. The summed E-state index contributed by atoms with van der Waals surface area (Å²) in [5.41, 5.74) is 0.633. The van der Waals surface area contributed by atoms with E-state index in [1.54, 1.807) is 30.3 Å². The number of pyridine rings is 1. The molecule has 0 unspecified atom stereocenters. The predicted octanol–water partition coefficient (Wildman–Crippen LogP) is 3.28. The summed E-state index contributed by atoms with van der Waals surface area (Å²) >= 11 is 0. The van der Waals surface area contributed by atoms with Crippen molar-refractivity contribution >= 4 is 15.8 Å². The Bertz CT molecular complexity index is 687. The predicted molar refractivity (Wildman–Crippen MR) is 75.5 cm³/mol. The average molecular weight is 294 g/mol. The van der Waals surface area contributed by atoms with Gasteiger partial charge in [0.2, 0.25) is 0 Å². The van der Waals surface area contributed by atoms with E-state index >= 15 is 0 Å². The zero-order valence-corrected chi connectivity index (χ0v) is 12.0. The molecule has 0 amide bonds. The van der Waals surface area contributed by atoms with E-state index in [0.717, 1.165) is 0 Å². The Labute approximate surface area is 117 Å². The molecule has 1 aromatic carbocycles. The molecule has 0 atom stereocenters. The lowest BCUT2D eigenvalue weighted by Crippen LogP contribution is -2.23. The highest BCUT2D eigenvalue weighted by atomic mass is 32.2. The van der Waals surface area contributed by atoms with Crippen LogP contribution in [0.25, 0.3) is 0 Å². The van der Waals surface area contributed by atoms with E-state index in [4.69, 9.17) is 0 Å². The van der Waals surface area contributed by atoms with Crippen molar-refractivity contribution in [3.63, 3.8) is 0 Å². The van der Waals surface area contributed by atoms with E-state index in [9.17, 15) is 12.9 Å². The Morgan fingerprint density at radius 1 is 1.05 bits per heavy atom. The van der Waals surface area contributed by atoms with E-state index in [1.807, 2.05) is 13.8 Å². The van der Waals surface area contributed by atoms with Crippen LogP contribution in [0.5, 0.6) is 0 Å². The highest BCUT2D eigenvalue weighted by Crippen LogP contribution is 2.24. The molecule has 20 heavy (non-hydrogen) atoms. The highest BCUT2D eigenvalue weighted by molar-refractivity contribution is 7.92. The van der Waals surface area contributed by atoms with Gasteiger partial charge < -0.3 is 0 Å². The molecule has 0 saturated heterocycles. The topological polar surface area (TPSA) is 50.3 Å². The minimum absolute atomic E-state index is 0.0859. The molecule has 4 nitrogen and oxygen atoms in total. The average Bonchev–Trinajstić information content (AvgIpc) is 2.47. The lowest BCUT2D eigenvalue weighted by molar-refractivity contribution is 0.490. The molecule has 0 N–H and O–H groups in total. The molecule has 1 aromatic heterocycles. The molecule has 0 fully saturated rings. The summed E-state index contributed by atoms with van der Waals surface area (Å²) in [6, 6.07) is 12.1. The van der Waals surface area contributed by atoms with Crippen molar-refractivity contribution in [2.75, 3.05) is 4.53 Å². The van der Waals surface area contributed by atoms with Crippen molar-refractivity contribution in [3.05, 3.63) is 54.2 Å². The van der Waals surface area contributed by atoms with Crippen LogP contribution in [0.4, 0.5) is 10.3 Å². The normalized spacial score (nSPS) is 11.6. The Morgan fingerprint density at radius 3 is 2.30 bits per heavy atom. The van der Waals surface area contributed by atoms with Gasteiger partial charge in [-0.05, 0) is 30.2 Å². The molecule has 0 aliphatic carbocycles. The summed E-state index contributed by atoms with van der Waals surface area (Å²) in [5.74, 6) is -0.150. The van der Waals surface area contributed by atoms with E-state index in [-0.39, 0.29) is 21.2 Å². The number of aromatic nitrogens is 1. The summed E-state index contributed by atoms with van der Waals surface area (Å²) in [6.07, 6.45) is 0. The van der Waals surface area contributed by atoms with Crippen molar-refractivity contribution in [2.24, 2.45) is 0 Å². The van der Waals surface area contributed by atoms with Gasteiger partial charge in [0.1, 0.15) is 0 Å². The third kappa shape index (κ3) is 2.80. The van der Waals surface area contributed by atoms with Crippen molar-refractivity contribution in [1.82, 2.24) is 4.98 Å². The lowest BCUT2D eigenvalue weighted by Gasteiger charge is -2.14. The van der Waals surface area contributed by atoms with Gasteiger partial charge >= 0.3 is 0 Å². The van der Waals surface area contributed by atoms with Crippen LogP contribution in [0.3, 0.4) is 0 Å². The van der Waals surface area contributed by atoms with Crippen LogP contribution in [0, 0.1) is 0 Å². The smallest absolute Gasteiger partial charge is 0.232 e. The van der Waals surface area contributed by atoms with E-state index in [2.05, 4.69) is 4.98 Å².